The molecular weight excluding hydrogens is 232 g/mol. The highest BCUT2D eigenvalue weighted by Gasteiger charge is 2.35. The number of rotatable bonds is 3. The van der Waals surface area contributed by atoms with Crippen molar-refractivity contribution in [1.29, 1.82) is 0 Å². The van der Waals surface area contributed by atoms with E-state index in [1.54, 1.807) is 0 Å². The Balaban J connectivity index is 1.66. The van der Waals surface area contributed by atoms with Gasteiger partial charge in [-0.05, 0) is 41.8 Å². The van der Waals surface area contributed by atoms with Crippen LogP contribution in [0.3, 0.4) is 0 Å². The van der Waals surface area contributed by atoms with Crippen LogP contribution in [0.4, 0.5) is 0 Å². The predicted molar refractivity (Wildman–Crippen MR) is 79.7 cm³/mol. The van der Waals surface area contributed by atoms with Crippen LogP contribution in [0.1, 0.15) is 43.7 Å². The molecule has 3 rings (SSSR count). The van der Waals surface area contributed by atoms with Crippen molar-refractivity contribution in [3.63, 3.8) is 0 Å². The summed E-state index contributed by atoms with van der Waals surface area (Å²) in [6.07, 6.45) is 5.35. The average molecular weight is 258 g/mol. The van der Waals surface area contributed by atoms with Gasteiger partial charge in [-0.25, -0.2) is 0 Å². The molecule has 2 N–H and O–H groups in total. The van der Waals surface area contributed by atoms with E-state index in [-0.39, 0.29) is 0 Å². The van der Waals surface area contributed by atoms with Gasteiger partial charge in [-0.1, -0.05) is 44.0 Å². The molecule has 104 valence electrons. The molecule has 2 heteroatoms. The van der Waals surface area contributed by atoms with Crippen molar-refractivity contribution in [3.8, 4) is 0 Å². The van der Waals surface area contributed by atoms with Crippen LogP contribution in [0.25, 0.3) is 0 Å². The summed E-state index contributed by atoms with van der Waals surface area (Å²) in [5.41, 5.74) is 9.55. The van der Waals surface area contributed by atoms with E-state index >= 15 is 0 Å². The van der Waals surface area contributed by atoms with Gasteiger partial charge >= 0.3 is 0 Å². The zero-order valence-corrected chi connectivity index (χ0v) is 12.1. The summed E-state index contributed by atoms with van der Waals surface area (Å²) in [6, 6.07) is 8.85. The van der Waals surface area contributed by atoms with E-state index in [2.05, 4.69) is 36.1 Å². The molecule has 1 saturated carbocycles. The monoisotopic (exact) mass is 258 g/mol. The van der Waals surface area contributed by atoms with Gasteiger partial charge in [-0.3, -0.25) is 4.90 Å². The lowest BCUT2D eigenvalue weighted by Crippen LogP contribution is -2.43. The summed E-state index contributed by atoms with van der Waals surface area (Å²) in [4.78, 5) is 2.60. The molecule has 0 atom stereocenters. The third-order valence-electron chi connectivity index (χ3n) is 5.23. The van der Waals surface area contributed by atoms with Crippen molar-refractivity contribution in [3.05, 3.63) is 35.4 Å². The highest BCUT2D eigenvalue weighted by molar-refractivity contribution is 5.30. The molecule has 1 heterocycles. The molecule has 0 radical (unpaired) electrons. The minimum Gasteiger partial charge on any atom is -0.330 e. The molecule has 1 aliphatic carbocycles. The fraction of sp³-hybridized carbons (Fsp3) is 0.647. The van der Waals surface area contributed by atoms with Crippen LogP contribution in [0.15, 0.2) is 24.3 Å². The minimum absolute atomic E-state index is 0.383. The van der Waals surface area contributed by atoms with E-state index in [0.29, 0.717) is 5.41 Å². The highest BCUT2D eigenvalue weighted by Crippen LogP contribution is 2.40. The van der Waals surface area contributed by atoms with Gasteiger partial charge in [-0.15, -0.1) is 0 Å². The van der Waals surface area contributed by atoms with E-state index < -0.39 is 0 Å². The normalized spacial score (nSPS) is 31.4. The Morgan fingerprint density at radius 2 is 1.74 bits per heavy atom. The molecule has 1 aromatic rings. The molecule has 0 amide bonds. The van der Waals surface area contributed by atoms with Crippen molar-refractivity contribution in [2.24, 2.45) is 17.1 Å². The van der Waals surface area contributed by atoms with Gasteiger partial charge in [0.05, 0.1) is 0 Å². The molecule has 0 unspecified atom stereocenters. The number of nitrogens with zero attached hydrogens (tertiary/aromatic N) is 1. The zero-order valence-electron chi connectivity index (χ0n) is 12.1. The van der Waals surface area contributed by atoms with Gasteiger partial charge in [0.25, 0.3) is 0 Å². The maximum absolute atomic E-state index is 6.14. The van der Waals surface area contributed by atoms with Crippen LogP contribution in [0.5, 0.6) is 0 Å². The topological polar surface area (TPSA) is 29.3 Å². The van der Waals surface area contributed by atoms with Crippen LogP contribution >= 0.6 is 0 Å². The van der Waals surface area contributed by atoms with E-state index in [0.717, 1.165) is 25.6 Å². The molecule has 19 heavy (non-hydrogen) atoms. The molecule has 1 aromatic carbocycles. The Labute approximate surface area is 117 Å². The van der Waals surface area contributed by atoms with Gasteiger partial charge in [0, 0.05) is 19.6 Å². The molecule has 0 bridgehead atoms. The molecule has 2 nitrogen and oxygen atoms in total. The number of benzene rings is 1. The van der Waals surface area contributed by atoms with Gasteiger partial charge < -0.3 is 5.73 Å². The number of hydrogen-bond donors (Lipinski definition) is 1. The van der Waals surface area contributed by atoms with E-state index in [1.165, 1.54) is 43.4 Å². The smallest absolute Gasteiger partial charge is 0.0240 e. The van der Waals surface area contributed by atoms with E-state index in [1.807, 2.05) is 0 Å². The summed E-state index contributed by atoms with van der Waals surface area (Å²) >= 11 is 0. The van der Waals surface area contributed by atoms with Gasteiger partial charge in [0.2, 0.25) is 0 Å². The fourth-order valence-electron chi connectivity index (χ4n) is 3.79. The molecule has 0 aromatic heterocycles. The van der Waals surface area contributed by atoms with Crippen molar-refractivity contribution >= 4 is 0 Å². The maximum atomic E-state index is 6.14. The Morgan fingerprint density at radius 1 is 1.16 bits per heavy atom. The largest absolute Gasteiger partial charge is 0.330 e. The second-order valence-corrected chi connectivity index (χ2v) is 6.80. The maximum Gasteiger partial charge on any atom is 0.0240 e. The van der Waals surface area contributed by atoms with Gasteiger partial charge in [-0.2, -0.15) is 0 Å². The lowest BCUT2D eigenvalue weighted by Gasteiger charge is -2.41. The summed E-state index contributed by atoms with van der Waals surface area (Å²) in [5, 5.41) is 0. The van der Waals surface area contributed by atoms with Crippen molar-refractivity contribution < 1.29 is 0 Å². The van der Waals surface area contributed by atoms with Crippen LogP contribution in [0, 0.1) is 11.3 Å². The highest BCUT2D eigenvalue weighted by atomic mass is 15.1. The van der Waals surface area contributed by atoms with Crippen molar-refractivity contribution in [1.82, 2.24) is 4.90 Å². The van der Waals surface area contributed by atoms with Crippen molar-refractivity contribution in [2.75, 3.05) is 13.1 Å². The number of hydrogen-bond acceptors (Lipinski definition) is 2. The Kier molecular flexibility index (Phi) is 3.64. The molecule has 0 spiro atoms. The summed E-state index contributed by atoms with van der Waals surface area (Å²) in [5.74, 6) is 0.899. The molecule has 1 aliphatic heterocycles. The second kappa shape index (κ2) is 5.26. The van der Waals surface area contributed by atoms with Crippen LogP contribution in [0.2, 0.25) is 0 Å². The molecule has 1 fully saturated rings. The van der Waals surface area contributed by atoms with E-state index in [9.17, 15) is 0 Å². The Hall–Kier alpha value is -0.860. The fourth-order valence-corrected chi connectivity index (χ4v) is 3.79. The quantitative estimate of drug-likeness (QED) is 0.902. The van der Waals surface area contributed by atoms with Crippen LogP contribution in [-0.2, 0) is 13.1 Å². The van der Waals surface area contributed by atoms with E-state index in [4.69, 9.17) is 5.73 Å². The third kappa shape index (κ3) is 2.70. The molecule has 0 saturated heterocycles. The second-order valence-electron chi connectivity index (χ2n) is 6.80. The molecule has 2 aliphatic rings. The van der Waals surface area contributed by atoms with Gasteiger partial charge in [0.15, 0.2) is 0 Å². The first-order valence-corrected chi connectivity index (χ1v) is 7.70. The lowest BCUT2D eigenvalue weighted by atomic mass is 9.70. The Morgan fingerprint density at radius 3 is 2.26 bits per heavy atom. The summed E-state index contributed by atoms with van der Waals surface area (Å²) in [6.45, 7) is 6.66. The lowest BCUT2D eigenvalue weighted by molar-refractivity contribution is 0.0935. The predicted octanol–water partition coefficient (Wildman–Crippen LogP) is 3.16. The SMILES string of the molecule is CC1CCC(CN)(CN2Cc3ccccc3C2)CC1. The summed E-state index contributed by atoms with van der Waals surface area (Å²) < 4.78 is 0. The third-order valence-corrected chi connectivity index (χ3v) is 5.23. The minimum atomic E-state index is 0.383. The first-order valence-electron chi connectivity index (χ1n) is 7.70. The van der Waals surface area contributed by atoms with Crippen molar-refractivity contribution in [2.45, 2.75) is 45.7 Å². The summed E-state index contributed by atoms with van der Waals surface area (Å²) in [7, 11) is 0. The van der Waals surface area contributed by atoms with Gasteiger partial charge in [0.1, 0.15) is 0 Å². The zero-order chi connectivity index (χ0) is 13.3. The standard InChI is InChI=1S/C17H26N2/c1-14-6-8-17(12-18,9-7-14)13-19-10-15-4-2-3-5-16(15)11-19/h2-5,14H,6-13,18H2,1H3. The number of fused-ring (bicyclic) bond motifs is 1. The first-order chi connectivity index (χ1) is 9.21. The molecular formula is C17H26N2. The number of nitrogens with two attached hydrogens (primary N) is 1. The Bertz CT molecular complexity index is 408. The van der Waals surface area contributed by atoms with Crippen LogP contribution < -0.4 is 5.73 Å². The first kappa shape index (κ1) is 13.1. The average Bonchev–Trinajstić information content (AvgIpc) is 2.83. The van der Waals surface area contributed by atoms with Crippen LogP contribution in [-0.4, -0.2) is 18.0 Å².